The van der Waals surface area contributed by atoms with Crippen LogP contribution in [0.3, 0.4) is 0 Å². The highest BCUT2D eigenvalue weighted by atomic mass is 19.4. The van der Waals surface area contributed by atoms with Crippen molar-refractivity contribution in [2.24, 2.45) is 0 Å². The van der Waals surface area contributed by atoms with E-state index in [2.05, 4.69) is 15.3 Å². The van der Waals surface area contributed by atoms with Crippen molar-refractivity contribution in [1.29, 1.82) is 5.26 Å². The van der Waals surface area contributed by atoms with Crippen LogP contribution in [0.2, 0.25) is 0 Å². The largest absolute Gasteiger partial charge is 0.417 e. The van der Waals surface area contributed by atoms with Crippen LogP contribution in [0.4, 0.5) is 26.3 Å². The minimum absolute atomic E-state index is 0.126. The molecule has 0 radical (unpaired) electrons. The Kier molecular flexibility index (Phi) is 4.43. The zero-order chi connectivity index (χ0) is 22.8. The lowest BCUT2D eigenvalue weighted by Gasteiger charge is -2.32. The third-order valence-electron chi connectivity index (χ3n) is 5.51. The molecule has 1 N–H and O–H groups in total. The molecule has 1 aliphatic carbocycles. The second-order valence-corrected chi connectivity index (χ2v) is 7.48. The highest BCUT2D eigenvalue weighted by Crippen LogP contribution is 2.48. The summed E-state index contributed by atoms with van der Waals surface area (Å²) in [6, 6.07) is 2.85. The number of hydrogen-bond acceptors (Lipinski definition) is 4. The molecule has 2 aromatic heterocycles. The van der Waals surface area contributed by atoms with Crippen LogP contribution in [0.25, 0.3) is 10.9 Å². The lowest BCUT2D eigenvalue weighted by atomic mass is 9.76. The second-order valence-electron chi connectivity index (χ2n) is 7.48. The Hall–Kier alpha value is -3.36. The fourth-order valence-electron chi connectivity index (χ4n) is 3.53. The summed E-state index contributed by atoms with van der Waals surface area (Å²) >= 11 is 0. The van der Waals surface area contributed by atoms with Gasteiger partial charge < -0.3 is 0 Å². The lowest BCUT2D eigenvalue weighted by molar-refractivity contribution is -0.173. The predicted octanol–water partition coefficient (Wildman–Crippen LogP) is 4.21. The van der Waals surface area contributed by atoms with E-state index >= 15 is 0 Å². The number of nitriles is 1. The number of rotatable bonds is 3. The van der Waals surface area contributed by atoms with E-state index in [4.69, 9.17) is 5.26 Å². The zero-order valence-electron chi connectivity index (χ0n) is 15.8. The Bertz CT molecular complexity index is 1280. The fourth-order valence-corrected chi connectivity index (χ4v) is 3.53. The summed E-state index contributed by atoms with van der Waals surface area (Å²) in [4.78, 5) is 12.6. The van der Waals surface area contributed by atoms with Gasteiger partial charge in [-0.25, -0.2) is 4.68 Å². The van der Waals surface area contributed by atoms with Gasteiger partial charge in [0.15, 0.2) is 5.52 Å². The van der Waals surface area contributed by atoms with E-state index in [0.29, 0.717) is 18.2 Å². The molecule has 162 valence electrons. The normalized spacial score (nSPS) is 16.8. The van der Waals surface area contributed by atoms with Gasteiger partial charge in [0.05, 0.1) is 35.1 Å². The number of nitrogens with zero attached hydrogens (tertiary/aromatic N) is 4. The van der Waals surface area contributed by atoms with Crippen molar-refractivity contribution in [3.05, 3.63) is 57.1 Å². The number of fused-ring (bicyclic) bond motifs is 1. The summed E-state index contributed by atoms with van der Waals surface area (Å²) in [6.07, 6.45) is -7.38. The number of nitrogens with one attached hydrogen (secondary N) is 1. The number of benzene rings is 1. The molecule has 0 amide bonds. The minimum atomic E-state index is -5.01. The smallest absolute Gasteiger partial charge is 0.280 e. The van der Waals surface area contributed by atoms with E-state index in [1.807, 2.05) is 0 Å². The van der Waals surface area contributed by atoms with Crippen molar-refractivity contribution in [2.75, 3.05) is 0 Å². The molecule has 1 atom stereocenters. The summed E-state index contributed by atoms with van der Waals surface area (Å²) in [5.74, 6) is 0. The Morgan fingerprint density at radius 2 is 1.87 bits per heavy atom. The summed E-state index contributed by atoms with van der Waals surface area (Å²) in [6.45, 7) is 0.746. The number of alkyl halides is 6. The summed E-state index contributed by atoms with van der Waals surface area (Å²) in [7, 11) is 0. The van der Waals surface area contributed by atoms with Crippen molar-refractivity contribution in [3.8, 4) is 6.07 Å². The Balaban J connectivity index is 1.96. The van der Waals surface area contributed by atoms with Gasteiger partial charge in [-0.1, -0.05) is 6.07 Å². The monoisotopic (exact) mass is 441 g/mol. The molecule has 6 nitrogen and oxygen atoms in total. The molecule has 0 aliphatic heterocycles. The third-order valence-corrected chi connectivity index (χ3v) is 5.51. The van der Waals surface area contributed by atoms with Crippen LogP contribution in [0.15, 0.2) is 29.2 Å². The van der Waals surface area contributed by atoms with Gasteiger partial charge in [0.1, 0.15) is 5.41 Å². The van der Waals surface area contributed by atoms with Crippen LogP contribution in [0, 0.1) is 11.3 Å². The minimum Gasteiger partial charge on any atom is -0.280 e. The standard InChI is InChI=1S/C19H13F6N5O/c1-17(19(23,24)25,10-2-5-13(18(20,21)22)9(6-10)7-26)15-12-8-27-30(11-3-4-11)16(31)14(12)28-29-15/h2,5-6,8,11H,3-4H2,1H3,(H,28,29). The van der Waals surface area contributed by atoms with E-state index in [1.54, 1.807) is 0 Å². The van der Waals surface area contributed by atoms with E-state index in [9.17, 15) is 31.1 Å². The summed E-state index contributed by atoms with van der Waals surface area (Å²) < 4.78 is 83.4. The maximum atomic E-state index is 14.3. The SMILES string of the molecule is CC(c1ccc(C(F)(F)F)c(C#N)c1)(c1[nH]nc2c(=O)n(C3CC3)ncc12)C(F)(F)F. The van der Waals surface area contributed by atoms with Crippen LogP contribution < -0.4 is 5.56 Å². The number of halogens is 6. The molecule has 1 saturated carbocycles. The zero-order valence-corrected chi connectivity index (χ0v) is 15.8. The maximum absolute atomic E-state index is 14.3. The van der Waals surface area contributed by atoms with E-state index in [-0.39, 0.29) is 16.9 Å². The van der Waals surface area contributed by atoms with Crippen LogP contribution in [-0.4, -0.2) is 26.2 Å². The first kappa shape index (κ1) is 20.9. The fraction of sp³-hybridized carbons (Fsp3) is 0.368. The third kappa shape index (κ3) is 3.15. The average molecular weight is 441 g/mol. The summed E-state index contributed by atoms with van der Waals surface area (Å²) in [5, 5.41) is 18.8. The molecule has 1 aromatic carbocycles. The van der Waals surface area contributed by atoms with Crippen LogP contribution >= 0.6 is 0 Å². The molecule has 12 heteroatoms. The topological polar surface area (TPSA) is 87.4 Å². The van der Waals surface area contributed by atoms with Gasteiger partial charge in [-0.05, 0) is 37.5 Å². The first-order chi connectivity index (χ1) is 14.4. The van der Waals surface area contributed by atoms with Crippen LogP contribution in [0.5, 0.6) is 0 Å². The van der Waals surface area contributed by atoms with Crippen molar-refractivity contribution < 1.29 is 26.3 Å². The molecule has 31 heavy (non-hydrogen) atoms. The van der Waals surface area contributed by atoms with E-state index in [1.165, 1.54) is 6.07 Å². The first-order valence-corrected chi connectivity index (χ1v) is 9.04. The predicted molar refractivity (Wildman–Crippen MR) is 95.1 cm³/mol. The molecule has 0 saturated heterocycles. The van der Waals surface area contributed by atoms with Gasteiger partial charge in [0.25, 0.3) is 5.56 Å². The van der Waals surface area contributed by atoms with Crippen molar-refractivity contribution in [2.45, 2.75) is 43.6 Å². The van der Waals surface area contributed by atoms with Gasteiger partial charge in [-0.3, -0.25) is 9.89 Å². The maximum Gasteiger partial charge on any atom is 0.417 e. The molecule has 1 fully saturated rings. The lowest BCUT2D eigenvalue weighted by Crippen LogP contribution is -2.41. The average Bonchev–Trinajstić information content (AvgIpc) is 3.43. The van der Waals surface area contributed by atoms with Gasteiger partial charge in [-0.2, -0.15) is 41.8 Å². The van der Waals surface area contributed by atoms with Gasteiger partial charge in [0.2, 0.25) is 0 Å². The number of aromatic amines is 1. The molecule has 1 unspecified atom stereocenters. The van der Waals surface area contributed by atoms with Crippen LogP contribution in [-0.2, 0) is 11.6 Å². The van der Waals surface area contributed by atoms with Gasteiger partial charge in [0, 0.05) is 5.39 Å². The van der Waals surface area contributed by atoms with Crippen molar-refractivity contribution >= 4 is 10.9 Å². The van der Waals surface area contributed by atoms with Crippen molar-refractivity contribution in [3.63, 3.8) is 0 Å². The molecular weight excluding hydrogens is 428 g/mol. The molecule has 2 heterocycles. The first-order valence-electron chi connectivity index (χ1n) is 9.04. The molecule has 0 spiro atoms. The molecule has 4 rings (SSSR count). The molecule has 3 aromatic rings. The second kappa shape index (κ2) is 6.57. The Morgan fingerprint density at radius 3 is 2.42 bits per heavy atom. The molecule has 0 bridgehead atoms. The number of hydrogen-bond donors (Lipinski definition) is 1. The van der Waals surface area contributed by atoms with Gasteiger partial charge in [-0.15, -0.1) is 0 Å². The molecule has 1 aliphatic rings. The van der Waals surface area contributed by atoms with E-state index in [0.717, 1.165) is 30.6 Å². The highest BCUT2D eigenvalue weighted by molar-refractivity contribution is 5.81. The highest BCUT2D eigenvalue weighted by Gasteiger charge is 2.56. The van der Waals surface area contributed by atoms with Crippen molar-refractivity contribution in [1.82, 2.24) is 20.0 Å². The Morgan fingerprint density at radius 1 is 1.19 bits per heavy atom. The van der Waals surface area contributed by atoms with Crippen LogP contribution in [0.1, 0.15) is 48.2 Å². The number of H-pyrrole nitrogens is 1. The Labute approximate surface area is 170 Å². The number of aromatic nitrogens is 4. The van der Waals surface area contributed by atoms with Gasteiger partial charge >= 0.3 is 12.4 Å². The van der Waals surface area contributed by atoms with E-state index < -0.39 is 45.7 Å². The quantitative estimate of drug-likeness (QED) is 0.617. The summed E-state index contributed by atoms with van der Waals surface area (Å²) in [5.41, 5.74) is -7.24. The molecular formula is C19H13F6N5O.